The maximum absolute atomic E-state index is 12.9. The Morgan fingerprint density at radius 3 is 2.38 bits per heavy atom. The van der Waals surface area contributed by atoms with Crippen molar-refractivity contribution in [2.75, 3.05) is 19.5 Å². The first-order valence-electron chi connectivity index (χ1n) is 9.89. The van der Waals surface area contributed by atoms with Crippen LogP contribution in [0.2, 0.25) is 0 Å². The van der Waals surface area contributed by atoms with Crippen LogP contribution in [0.1, 0.15) is 15.9 Å². The summed E-state index contributed by atoms with van der Waals surface area (Å²) in [7, 11) is 3.19. The van der Waals surface area contributed by atoms with Crippen LogP contribution in [-0.2, 0) is 0 Å². The van der Waals surface area contributed by atoms with Gasteiger partial charge in [-0.3, -0.25) is 9.20 Å². The van der Waals surface area contributed by atoms with Crippen molar-refractivity contribution in [3.8, 4) is 11.5 Å². The number of methoxy groups -OCH3 is 2. The van der Waals surface area contributed by atoms with Crippen molar-refractivity contribution in [1.82, 2.24) is 19.6 Å². The molecule has 158 valence electrons. The Labute approximate surface area is 183 Å². The molecule has 0 aliphatic rings. The molecule has 0 saturated carbocycles. The van der Waals surface area contributed by atoms with E-state index in [9.17, 15) is 4.79 Å². The first-order valence-corrected chi connectivity index (χ1v) is 9.89. The Balaban J connectivity index is 1.59. The van der Waals surface area contributed by atoms with Gasteiger partial charge < -0.3 is 14.8 Å². The molecule has 2 heterocycles. The van der Waals surface area contributed by atoms with Gasteiger partial charge in [-0.1, -0.05) is 30.3 Å². The van der Waals surface area contributed by atoms with E-state index in [0.29, 0.717) is 39.6 Å². The second kappa shape index (κ2) is 7.99. The molecule has 0 bridgehead atoms. The number of nitrogens with one attached hydrogen (secondary N) is 1. The van der Waals surface area contributed by atoms with E-state index in [0.717, 1.165) is 11.2 Å². The molecule has 3 aromatic carbocycles. The highest BCUT2D eigenvalue weighted by Crippen LogP contribution is 2.30. The van der Waals surface area contributed by atoms with E-state index in [4.69, 9.17) is 14.5 Å². The zero-order valence-electron chi connectivity index (χ0n) is 17.4. The molecule has 8 heteroatoms. The Bertz CT molecular complexity index is 1420. The van der Waals surface area contributed by atoms with Crippen molar-refractivity contribution in [3.05, 3.63) is 84.2 Å². The van der Waals surface area contributed by atoms with Gasteiger partial charge in [-0.05, 0) is 18.2 Å². The van der Waals surface area contributed by atoms with Crippen LogP contribution in [0.25, 0.3) is 16.7 Å². The highest BCUT2D eigenvalue weighted by molar-refractivity contribution is 6.10. The number of fused-ring (bicyclic) bond motifs is 3. The topological polar surface area (TPSA) is 90.6 Å². The molecule has 8 nitrogen and oxygen atoms in total. The monoisotopic (exact) mass is 425 g/mol. The molecule has 0 atom stereocenters. The largest absolute Gasteiger partial charge is 0.497 e. The lowest BCUT2D eigenvalue weighted by Crippen LogP contribution is -2.04. The highest BCUT2D eigenvalue weighted by Gasteiger charge is 2.15. The quantitative estimate of drug-likeness (QED) is 0.406. The number of nitrogens with zero attached hydrogens (tertiary/aromatic N) is 4. The number of benzene rings is 3. The Morgan fingerprint density at radius 1 is 0.906 bits per heavy atom. The predicted molar refractivity (Wildman–Crippen MR) is 121 cm³/mol. The van der Waals surface area contributed by atoms with Crippen molar-refractivity contribution in [2.45, 2.75) is 0 Å². The van der Waals surface area contributed by atoms with Crippen LogP contribution in [0.4, 0.5) is 11.5 Å². The third-order valence-corrected chi connectivity index (χ3v) is 5.14. The van der Waals surface area contributed by atoms with E-state index in [-0.39, 0.29) is 5.78 Å². The minimum absolute atomic E-state index is 0.0561. The first-order chi connectivity index (χ1) is 15.7. The smallest absolute Gasteiger partial charge is 0.204 e. The van der Waals surface area contributed by atoms with Gasteiger partial charge in [0.25, 0.3) is 0 Å². The van der Waals surface area contributed by atoms with Gasteiger partial charge in [-0.2, -0.15) is 0 Å². The molecule has 1 N–H and O–H groups in total. The molecule has 0 unspecified atom stereocenters. The summed E-state index contributed by atoms with van der Waals surface area (Å²) in [4.78, 5) is 17.6. The van der Waals surface area contributed by atoms with Gasteiger partial charge in [0.05, 0.1) is 25.3 Å². The summed E-state index contributed by atoms with van der Waals surface area (Å²) in [6.07, 6.45) is 1.60. The zero-order valence-corrected chi connectivity index (χ0v) is 17.4. The maximum Gasteiger partial charge on any atom is 0.204 e. The van der Waals surface area contributed by atoms with Crippen molar-refractivity contribution >= 4 is 34.0 Å². The number of hydrogen-bond acceptors (Lipinski definition) is 7. The standard InChI is InChI=1S/C24H19N5O3/c1-31-18-11-17(12-19(13-18)32-2)26-23-24-28-25-14-29(24)21-10-16(8-9-20(21)27-23)22(30)15-6-4-3-5-7-15/h3-14H,1-2H3,(H,26,27). The van der Waals surface area contributed by atoms with Gasteiger partial charge in [-0.15, -0.1) is 10.2 Å². The fourth-order valence-electron chi connectivity index (χ4n) is 3.55. The fourth-order valence-corrected chi connectivity index (χ4v) is 3.55. The Kier molecular flexibility index (Phi) is 4.87. The van der Waals surface area contributed by atoms with Crippen molar-refractivity contribution in [3.63, 3.8) is 0 Å². The molecule has 0 amide bonds. The van der Waals surface area contributed by atoms with E-state index in [2.05, 4.69) is 15.5 Å². The lowest BCUT2D eigenvalue weighted by Gasteiger charge is -2.12. The molecule has 2 aromatic heterocycles. The average molecular weight is 425 g/mol. The van der Waals surface area contributed by atoms with E-state index in [1.165, 1.54) is 0 Å². The van der Waals surface area contributed by atoms with E-state index in [1.807, 2.05) is 46.9 Å². The Hall–Kier alpha value is -4.46. The molecule has 5 rings (SSSR count). The first kappa shape index (κ1) is 19.5. The van der Waals surface area contributed by atoms with Crippen molar-refractivity contribution < 1.29 is 14.3 Å². The van der Waals surface area contributed by atoms with Crippen LogP contribution in [0.5, 0.6) is 11.5 Å². The van der Waals surface area contributed by atoms with E-state index in [1.54, 1.807) is 44.8 Å². The molecular formula is C24H19N5O3. The third kappa shape index (κ3) is 3.47. The number of aromatic nitrogens is 4. The average Bonchev–Trinajstić information content (AvgIpc) is 3.34. The molecule has 0 aliphatic heterocycles. The molecular weight excluding hydrogens is 406 g/mol. The minimum atomic E-state index is -0.0561. The molecule has 0 aliphatic carbocycles. The number of anilines is 2. The fraction of sp³-hybridized carbons (Fsp3) is 0.0833. The summed E-state index contributed by atoms with van der Waals surface area (Å²) < 4.78 is 12.5. The molecule has 0 fully saturated rings. The summed E-state index contributed by atoms with van der Waals surface area (Å²) >= 11 is 0. The Morgan fingerprint density at radius 2 is 1.66 bits per heavy atom. The third-order valence-electron chi connectivity index (χ3n) is 5.14. The van der Waals surface area contributed by atoms with Gasteiger partial charge in [0.2, 0.25) is 5.65 Å². The van der Waals surface area contributed by atoms with Crippen molar-refractivity contribution in [1.29, 1.82) is 0 Å². The SMILES string of the molecule is COc1cc(Nc2nc3ccc(C(=O)c4ccccc4)cc3n3cnnc23)cc(OC)c1. The normalized spacial score (nSPS) is 10.9. The summed E-state index contributed by atoms with van der Waals surface area (Å²) in [6.45, 7) is 0. The summed E-state index contributed by atoms with van der Waals surface area (Å²) in [5, 5.41) is 11.6. The molecule has 0 radical (unpaired) electrons. The predicted octanol–water partition coefficient (Wildman–Crippen LogP) is 4.27. The number of carbonyl (C=O) groups is 1. The number of hydrogen-bond donors (Lipinski definition) is 1. The van der Waals surface area contributed by atoms with E-state index >= 15 is 0 Å². The molecule has 5 aromatic rings. The van der Waals surface area contributed by atoms with Gasteiger partial charge in [0.1, 0.15) is 17.8 Å². The summed E-state index contributed by atoms with van der Waals surface area (Å²) in [5.41, 5.74) is 3.89. The summed E-state index contributed by atoms with van der Waals surface area (Å²) in [5.74, 6) is 1.76. The second-order valence-corrected chi connectivity index (χ2v) is 7.11. The van der Waals surface area contributed by atoms with Crippen LogP contribution in [0.3, 0.4) is 0 Å². The van der Waals surface area contributed by atoms with Crippen LogP contribution in [-0.4, -0.2) is 39.6 Å². The van der Waals surface area contributed by atoms with Gasteiger partial charge in [0, 0.05) is 35.0 Å². The second-order valence-electron chi connectivity index (χ2n) is 7.11. The summed E-state index contributed by atoms with van der Waals surface area (Å²) in [6, 6.07) is 20.0. The van der Waals surface area contributed by atoms with Gasteiger partial charge in [0.15, 0.2) is 11.6 Å². The molecule has 32 heavy (non-hydrogen) atoms. The van der Waals surface area contributed by atoms with Crippen LogP contribution in [0, 0.1) is 0 Å². The van der Waals surface area contributed by atoms with Crippen molar-refractivity contribution in [2.24, 2.45) is 0 Å². The van der Waals surface area contributed by atoms with Crippen LogP contribution in [0.15, 0.2) is 73.1 Å². The lowest BCUT2D eigenvalue weighted by molar-refractivity contribution is 0.103. The molecule has 0 spiro atoms. The van der Waals surface area contributed by atoms with Gasteiger partial charge in [-0.25, -0.2) is 4.98 Å². The maximum atomic E-state index is 12.9. The van der Waals surface area contributed by atoms with Crippen LogP contribution >= 0.6 is 0 Å². The van der Waals surface area contributed by atoms with E-state index < -0.39 is 0 Å². The number of ketones is 1. The lowest BCUT2D eigenvalue weighted by atomic mass is 10.0. The minimum Gasteiger partial charge on any atom is -0.497 e. The number of rotatable bonds is 6. The van der Waals surface area contributed by atoms with Crippen LogP contribution < -0.4 is 14.8 Å². The van der Waals surface area contributed by atoms with Gasteiger partial charge >= 0.3 is 0 Å². The highest BCUT2D eigenvalue weighted by atomic mass is 16.5. The molecule has 0 saturated heterocycles. The number of carbonyl (C=O) groups excluding carboxylic acids is 1. The number of ether oxygens (including phenoxy) is 2. The zero-order chi connectivity index (χ0) is 22.1.